The molecule has 1 aliphatic carbocycles. The van der Waals surface area contributed by atoms with Crippen LogP contribution in [0.3, 0.4) is 0 Å². The maximum absolute atomic E-state index is 10.7. The van der Waals surface area contributed by atoms with Crippen molar-refractivity contribution >= 4 is 0 Å². The van der Waals surface area contributed by atoms with E-state index in [-0.39, 0.29) is 11.5 Å². The van der Waals surface area contributed by atoms with Gasteiger partial charge in [0.25, 0.3) is 0 Å². The predicted octanol–water partition coefficient (Wildman–Crippen LogP) is 3.66. The van der Waals surface area contributed by atoms with Gasteiger partial charge in [0.1, 0.15) is 12.0 Å². The highest BCUT2D eigenvalue weighted by molar-refractivity contribution is 5.44. The second kappa shape index (κ2) is 5.91. The van der Waals surface area contributed by atoms with Crippen LogP contribution in [0.5, 0.6) is 5.75 Å². The Kier molecular flexibility index (Phi) is 3.86. The highest BCUT2D eigenvalue weighted by Gasteiger charge is 2.50. The van der Waals surface area contributed by atoms with Gasteiger partial charge in [0, 0.05) is 17.9 Å². The lowest BCUT2D eigenvalue weighted by Gasteiger charge is -2.54. The van der Waals surface area contributed by atoms with Gasteiger partial charge in [0.05, 0.1) is 7.11 Å². The Morgan fingerprint density at radius 1 is 1.12 bits per heavy atom. The molecule has 1 saturated carbocycles. The van der Waals surface area contributed by atoms with Gasteiger partial charge in [-0.2, -0.15) is 0 Å². The zero-order chi connectivity index (χ0) is 16.7. The first kappa shape index (κ1) is 15.7. The van der Waals surface area contributed by atoms with Crippen molar-refractivity contribution in [2.75, 3.05) is 14.2 Å². The highest BCUT2D eigenvalue weighted by atomic mass is 16.5. The number of ether oxygens (including phenoxy) is 1. The predicted molar refractivity (Wildman–Crippen MR) is 95.2 cm³/mol. The quantitative estimate of drug-likeness (QED) is 0.935. The van der Waals surface area contributed by atoms with Crippen molar-refractivity contribution in [2.24, 2.45) is 0 Å². The summed E-state index contributed by atoms with van der Waals surface area (Å²) < 4.78 is 5.39. The van der Waals surface area contributed by atoms with E-state index in [1.165, 1.54) is 36.0 Å². The first-order chi connectivity index (χ1) is 11.7. The van der Waals surface area contributed by atoms with Gasteiger partial charge in [-0.3, -0.25) is 4.90 Å². The van der Waals surface area contributed by atoms with Crippen molar-refractivity contribution in [3.63, 3.8) is 0 Å². The first-order valence-electron chi connectivity index (χ1n) is 8.78. The van der Waals surface area contributed by atoms with Gasteiger partial charge in [0.15, 0.2) is 0 Å². The molecule has 24 heavy (non-hydrogen) atoms. The summed E-state index contributed by atoms with van der Waals surface area (Å²) in [4.78, 5) is 2.17. The summed E-state index contributed by atoms with van der Waals surface area (Å²) in [6.07, 6.45) is 3.80. The van der Waals surface area contributed by atoms with E-state index in [1.807, 2.05) is 0 Å². The maximum atomic E-state index is 10.7. The fourth-order valence-corrected chi connectivity index (χ4v) is 4.62. The van der Waals surface area contributed by atoms with Crippen molar-refractivity contribution in [3.8, 4) is 5.75 Å². The Morgan fingerprint density at radius 3 is 2.50 bits per heavy atom. The summed E-state index contributed by atoms with van der Waals surface area (Å²) in [7, 11) is 3.76. The molecule has 126 valence electrons. The zero-order valence-electron chi connectivity index (χ0n) is 14.4. The molecule has 1 fully saturated rings. The average molecular weight is 323 g/mol. The minimum absolute atomic E-state index is 0.0980. The van der Waals surface area contributed by atoms with Gasteiger partial charge in [0.2, 0.25) is 0 Å². The van der Waals surface area contributed by atoms with Crippen LogP contribution in [0.2, 0.25) is 0 Å². The minimum Gasteiger partial charge on any atom is -0.497 e. The number of aliphatic hydroxyl groups is 1. The van der Waals surface area contributed by atoms with Crippen LogP contribution < -0.4 is 4.74 Å². The second-order valence-electron chi connectivity index (χ2n) is 7.19. The lowest BCUT2D eigenvalue weighted by Crippen LogP contribution is -2.53. The Bertz CT molecular complexity index is 724. The van der Waals surface area contributed by atoms with Crippen LogP contribution in [-0.2, 0) is 11.8 Å². The van der Waals surface area contributed by atoms with Gasteiger partial charge < -0.3 is 9.84 Å². The molecule has 2 aliphatic rings. The largest absolute Gasteiger partial charge is 0.497 e. The van der Waals surface area contributed by atoms with Crippen LogP contribution >= 0.6 is 0 Å². The number of methoxy groups -OCH3 is 1. The van der Waals surface area contributed by atoms with E-state index in [0.29, 0.717) is 6.42 Å². The van der Waals surface area contributed by atoms with Crippen LogP contribution in [0.25, 0.3) is 0 Å². The smallest absolute Gasteiger partial charge is 0.119 e. The number of likely N-dealkylation sites (N-methyl/N-ethyl adjacent to an activating group) is 1. The van der Waals surface area contributed by atoms with Crippen LogP contribution in [0.4, 0.5) is 0 Å². The van der Waals surface area contributed by atoms with Crippen molar-refractivity contribution in [1.82, 2.24) is 4.90 Å². The zero-order valence-corrected chi connectivity index (χ0v) is 14.4. The number of hydrogen-bond donors (Lipinski definition) is 1. The minimum atomic E-state index is -0.448. The number of nitrogens with zero attached hydrogens (tertiary/aromatic N) is 1. The Hall–Kier alpha value is -1.84. The molecule has 3 heteroatoms. The summed E-state index contributed by atoms with van der Waals surface area (Å²) in [5, 5.41) is 10.7. The molecule has 0 spiro atoms. The molecular formula is C21H25NO2. The molecule has 0 aromatic heterocycles. The Morgan fingerprint density at radius 2 is 1.88 bits per heavy atom. The van der Waals surface area contributed by atoms with Crippen LogP contribution in [0.1, 0.15) is 42.0 Å². The van der Waals surface area contributed by atoms with Crippen LogP contribution in [0, 0.1) is 0 Å². The lowest BCUT2D eigenvalue weighted by atomic mass is 9.57. The molecule has 0 amide bonds. The van der Waals surface area contributed by atoms with Gasteiger partial charge >= 0.3 is 0 Å². The number of hydrogen-bond acceptors (Lipinski definition) is 3. The average Bonchev–Trinajstić information content (AvgIpc) is 2.57. The SMILES string of the molecule is COc1ccc2c(c1)CC(O)N(C)C2C1(c2ccccc2)CCC1. The highest BCUT2D eigenvalue weighted by Crippen LogP contribution is 2.56. The number of fused-ring (bicyclic) bond motifs is 1. The summed E-state index contributed by atoms with van der Waals surface area (Å²) in [5.41, 5.74) is 4.05. The summed E-state index contributed by atoms with van der Waals surface area (Å²) in [6.45, 7) is 0. The third kappa shape index (κ3) is 2.27. The molecule has 0 radical (unpaired) electrons. The molecule has 2 aromatic rings. The van der Waals surface area contributed by atoms with Crippen LogP contribution in [0.15, 0.2) is 48.5 Å². The Balaban J connectivity index is 1.85. The van der Waals surface area contributed by atoms with Crippen molar-refractivity contribution in [3.05, 3.63) is 65.2 Å². The van der Waals surface area contributed by atoms with Crippen molar-refractivity contribution < 1.29 is 9.84 Å². The normalized spacial score (nSPS) is 25.6. The van der Waals surface area contributed by atoms with Crippen molar-refractivity contribution in [1.29, 1.82) is 0 Å². The van der Waals surface area contributed by atoms with E-state index in [1.54, 1.807) is 7.11 Å². The van der Waals surface area contributed by atoms with Crippen molar-refractivity contribution in [2.45, 2.75) is 43.4 Å². The summed E-state index contributed by atoms with van der Waals surface area (Å²) in [6, 6.07) is 17.4. The molecule has 0 saturated heterocycles. The maximum Gasteiger partial charge on any atom is 0.119 e. The van der Waals surface area contributed by atoms with E-state index < -0.39 is 6.23 Å². The Labute approximate surface area is 143 Å². The summed E-state index contributed by atoms with van der Waals surface area (Å²) in [5.74, 6) is 0.867. The monoisotopic (exact) mass is 323 g/mol. The molecule has 0 bridgehead atoms. The van der Waals surface area contributed by atoms with Gasteiger partial charge in [-0.15, -0.1) is 0 Å². The molecule has 2 atom stereocenters. The standard InChI is InChI=1S/C21H25NO2/c1-22-19(23)14-15-13-17(24-2)9-10-18(15)20(22)21(11-6-12-21)16-7-4-3-5-8-16/h3-5,7-10,13,19-20,23H,6,11-12,14H2,1-2H3. The summed E-state index contributed by atoms with van der Waals surface area (Å²) >= 11 is 0. The van der Waals surface area contributed by atoms with Gasteiger partial charge in [-0.1, -0.05) is 42.8 Å². The lowest BCUT2D eigenvalue weighted by molar-refractivity contribution is -0.0573. The fourth-order valence-electron chi connectivity index (χ4n) is 4.62. The molecule has 1 N–H and O–H groups in total. The molecule has 4 rings (SSSR count). The molecular weight excluding hydrogens is 298 g/mol. The molecule has 1 heterocycles. The van der Waals surface area contributed by atoms with Gasteiger partial charge in [-0.25, -0.2) is 0 Å². The van der Waals surface area contributed by atoms with E-state index in [2.05, 4.69) is 60.5 Å². The number of aliphatic hydroxyl groups excluding tert-OH is 1. The van der Waals surface area contributed by atoms with E-state index in [4.69, 9.17) is 4.74 Å². The third-order valence-corrected chi connectivity index (χ3v) is 6.04. The number of rotatable bonds is 3. The molecule has 2 aromatic carbocycles. The molecule has 1 aliphatic heterocycles. The second-order valence-corrected chi connectivity index (χ2v) is 7.19. The van der Waals surface area contributed by atoms with E-state index in [0.717, 1.165) is 5.75 Å². The third-order valence-electron chi connectivity index (χ3n) is 6.04. The first-order valence-corrected chi connectivity index (χ1v) is 8.78. The number of benzene rings is 2. The topological polar surface area (TPSA) is 32.7 Å². The fraction of sp³-hybridized carbons (Fsp3) is 0.429. The van der Waals surface area contributed by atoms with Crippen LogP contribution in [-0.4, -0.2) is 30.4 Å². The molecule has 3 nitrogen and oxygen atoms in total. The van der Waals surface area contributed by atoms with E-state index >= 15 is 0 Å². The van der Waals surface area contributed by atoms with E-state index in [9.17, 15) is 5.11 Å². The van der Waals surface area contributed by atoms with Gasteiger partial charge in [-0.05, 0) is 48.7 Å². The molecule has 2 unspecified atom stereocenters.